The van der Waals surface area contributed by atoms with Crippen molar-refractivity contribution in [3.8, 4) is 0 Å². The molecule has 1 nitrogen and oxygen atoms in total. The van der Waals surface area contributed by atoms with Crippen LogP contribution in [-0.2, 0) is 6.42 Å². The highest BCUT2D eigenvalue weighted by atomic mass is 35.5. The van der Waals surface area contributed by atoms with Gasteiger partial charge in [-0.15, -0.1) is 0 Å². The number of rotatable bonds is 5. The number of hydrogen-bond acceptors (Lipinski definition) is 1. The minimum absolute atomic E-state index is 0.292. The van der Waals surface area contributed by atoms with Crippen molar-refractivity contribution in [1.29, 1.82) is 0 Å². The van der Waals surface area contributed by atoms with Gasteiger partial charge in [-0.05, 0) is 42.9 Å². The van der Waals surface area contributed by atoms with Gasteiger partial charge in [0.15, 0.2) is 0 Å². The number of benzene rings is 1. The zero-order chi connectivity index (χ0) is 10.4. The van der Waals surface area contributed by atoms with E-state index >= 15 is 0 Å². The summed E-state index contributed by atoms with van der Waals surface area (Å²) in [4.78, 5) is 0. The second-order valence-electron chi connectivity index (χ2n) is 3.81. The largest absolute Gasteiger partial charge is 0.396 e. The van der Waals surface area contributed by atoms with E-state index in [0.717, 1.165) is 24.3 Å². The second-order valence-corrected chi connectivity index (χ2v) is 4.24. The van der Waals surface area contributed by atoms with Gasteiger partial charge in [-0.25, -0.2) is 0 Å². The van der Waals surface area contributed by atoms with Crippen molar-refractivity contribution in [3.05, 3.63) is 34.9 Å². The standard InChI is InChI=1S/C12H17ClO/c1-10(9-14)3-2-4-11-5-7-12(13)8-6-11/h5-8,10,14H,2-4,9H2,1H3/t10-/m1/s1. The van der Waals surface area contributed by atoms with E-state index in [4.69, 9.17) is 16.7 Å². The molecule has 0 bridgehead atoms. The third-order valence-electron chi connectivity index (χ3n) is 2.39. The molecule has 0 heterocycles. The van der Waals surface area contributed by atoms with Gasteiger partial charge in [0.1, 0.15) is 0 Å². The summed E-state index contributed by atoms with van der Waals surface area (Å²) < 4.78 is 0. The highest BCUT2D eigenvalue weighted by Gasteiger charge is 2.00. The number of aliphatic hydroxyl groups excluding tert-OH is 1. The maximum absolute atomic E-state index is 8.85. The first-order valence-corrected chi connectivity index (χ1v) is 5.45. The molecule has 1 rings (SSSR count). The summed E-state index contributed by atoms with van der Waals surface area (Å²) in [5.74, 6) is 0.419. The molecule has 0 fully saturated rings. The summed E-state index contributed by atoms with van der Waals surface area (Å²) >= 11 is 5.79. The SMILES string of the molecule is C[C@@H](CO)CCCc1ccc(Cl)cc1. The lowest BCUT2D eigenvalue weighted by Gasteiger charge is -2.06. The van der Waals surface area contributed by atoms with E-state index in [1.54, 1.807) is 0 Å². The Bertz CT molecular complexity index is 256. The van der Waals surface area contributed by atoms with Crippen molar-refractivity contribution >= 4 is 11.6 Å². The first-order valence-electron chi connectivity index (χ1n) is 5.07. The van der Waals surface area contributed by atoms with Crippen LogP contribution in [0.3, 0.4) is 0 Å². The fourth-order valence-corrected chi connectivity index (χ4v) is 1.52. The van der Waals surface area contributed by atoms with Gasteiger partial charge in [0.25, 0.3) is 0 Å². The minimum atomic E-state index is 0.292. The van der Waals surface area contributed by atoms with Crippen LogP contribution in [-0.4, -0.2) is 11.7 Å². The quantitative estimate of drug-likeness (QED) is 0.794. The summed E-state index contributed by atoms with van der Waals surface area (Å²) in [5.41, 5.74) is 1.32. The van der Waals surface area contributed by atoms with Gasteiger partial charge in [-0.2, -0.15) is 0 Å². The van der Waals surface area contributed by atoms with Gasteiger partial charge in [-0.1, -0.05) is 30.7 Å². The molecule has 0 aliphatic rings. The first kappa shape index (κ1) is 11.5. The molecule has 1 aromatic carbocycles. The highest BCUT2D eigenvalue weighted by molar-refractivity contribution is 6.30. The lowest BCUT2D eigenvalue weighted by Crippen LogP contribution is -2.00. The van der Waals surface area contributed by atoms with Gasteiger partial charge < -0.3 is 5.11 Å². The van der Waals surface area contributed by atoms with Crippen molar-refractivity contribution in [2.75, 3.05) is 6.61 Å². The van der Waals surface area contributed by atoms with Crippen molar-refractivity contribution < 1.29 is 5.11 Å². The molecule has 0 amide bonds. The van der Waals surface area contributed by atoms with Crippen LogP contribution in [0.1, 0.15) is 25.3 Å². The van der Waals surface area contributed by atoms with Gasteiger partial charge >= 0.3 is 0 Å². The maximum Gasteiger partial charge on any atom is 0.0456 e. The predicted molar refractivity (Wildman–Crippen MR) is 60.6 cm³/mol. The topological polar surface area (TPSA) is 20.2 Å². The average Bonchev–Trinajstić information content (AvgIpc) is 2.21. The average molecular weight is 213 g/mol. The van der Waals surface area contributed by atoms with E-state index in [-0.39, 0.29) is 0 Å². The molecule has 1 N–H and O–H groups in total. The summed E-state index contributed by atoms with van der Waals surface area (Å²) in [6, 6.07) is 7.97. The van der Waals surface area contributed by atoms with E-state index in [0.29, 0.717) is 12.5 Å². The van der Waals surface area contributed by atoms with Gasteiger partial charge in [0.05, 0.1) is 0 Å². The zero-order valence-electron chi connectivity index (χ0n) is 8.54. The number of hydrogen-bond donors (Lipinski definition) is 1. The molecule has 0 saturated heterocycles. The van der Waals surface area contributed by atoms with E-state index in [1.807, 2.05) is 12.1 Å². The van der Waals surface area contributed by atoms with Crippen molar-refractivity contribution in [2.24, 2.45) is 5.92 Å². The van der Waals surface area contributed by atoms with E-state index in [9.17, 15) is 0 Å². The minimum Gasteiger partial charge on any atom is -0.396 e. The molecule has 0 saturated carbocycles. The number of halogens is 1. The summed E-state index contributed by atoms with van der Waals surface area (Å²) in [7, 11) is 0. The van der Waals surface area contributed by atoms with Crippen LogP contribution < -0.4 is 0 Å². The van der Waals surface area contributed by atoms with Gasteiger partial charge in [0, 0.05) is 11.6 Å². The fourth-order valence-electron chi connectivity index (χ4n) is 1.40. The molecule has 0 aliphatic carbocycles. The lowest BCUT2D eigenvalue weighted by atomic mass is 10.0. The number of aliphatic hydroxyl groups is 1. The van der Waals surface area contributed by atoms with Crippen LogP contribution in [0.4, 0.5) is 0 Å². The molecule has 2 heteroatoms. The Hall–Kier alpha value is -0.530. The molecule has 1 aromatic rings. The third-order valence-corrected chi connectivity index (χ3v) is 2.64. The van der Waals surface area contributed by atoms with Crippen LogP contribution in [0.2, 0.25) is 5.02 Å². The van der Waals surface area contributed by atoms with Crippen LogP contribution in [0.25, 0.3) is 0 Å². The molecule has 0 aliphatic heterocycles. The molecule has 1 atom stereocenters. The van der Waals surface area contributed by atoms with E-state index < -0.39 is 0 Å². The summed E-state index contributed by atoms with van der Waals surface area (Å²) in [5, 5.41) is 9.64. The van der Waals surface area contributed by atoms with Crippen LogP contribution in [0.15, 0.2) is 24.3 Å². The Labute approximate surface area is 90.7 Å². The van der Waals surface area contributed by atoms with E-state index in [1.165, 1.54) is 5.56 Å². The molecule has 78 valence electrons. The second kappa shape index (κ2) is 6.05. The van der Waals surface area contributed by atoms with Gasteiger partial charge in [0.2, 0.25) is 0 Å². The van der Waals surface area contributed by atoms with Crippen molar-refractivity contribution in [3.63, 3.8) is 0 Å². The van der Waals surface area contributed by atoms with Crippen LogP contribution >= 0.6 is 11.6 Å². The monoisotopic (exact) mass is 212 g/mol. The highest BCUT2D eigenvalue weighted by Crippen LogP contribution is 2.13. The van der Waals surface area contributed by atoms with E-state index in [2.05, 4.69) is 19.1 Å². The maximum atomic E-state index is 8.85. The Morgan fingerprint density at radius 1 is 1.29 bits per heavy atom. The molecule has 0 aromatic heterocycles. The molecule has 0 spiro atoms. The molecule has 0 unspecified atom stereocenters. The molecular formula is C12H17ClO. The molecule has 0 radical (unpaired) electrons. The Balaban J connectivity index is 2.28. The predicted octanol–water partition coefficient (Wildman–Crippen LogP) is 3.29. The van der Waals surface area contributed by atoms with Crippen LogP contribution in [0.5, 0.6) is 0 Å². The lowest BCUT2D eigenvalue weighted by molar-refractivity contribution is 0.228. The molecule has 14 heavy (non-hydrogen) atoms. The normalized spacial score (nSPS) is 12.8. The summed E-state index contributed by atoms with van der Waals surface area (Å²) in [6.45, 7) is 2.36. The first-order chi connectivity index (χ1) is 6.72. The van der Waals surface area contributed by atoms with Crippen molar-refractivity contribution in [1.82, 2.24) is 0 Å². The smallest absolute Gasteiger partial charge is 0.0456 e. The Morgan fingerprint density at radius 2 is 1.93 bits per heavy atom. The van der Waals surface area contributed by atoms with Gasteiger partial charge in [-0.3, -0.25) is 0 Å². The third kappa shape index (κ3) is 4.12. The van der Waals surface area contributed by atoms with Crippen molar-refractivity contribution in [2.45, 2.75) is 26.2 Å². The Morgan fingerprint density at radius 3 is 2.50 bits per heavy atom. The zero-order valence-corrected chi connectivity index (χ0v) is 9.30. The molecular weight excluding hydrogens is 196 g/mol. The number of aryl methyl sites for hydroxylation is 1. The Kier molecular flexibility index (Phi) is 4.99. The van der Waals surface area contributed by atoms with Crippen LogP contribution in [0, 0.1) is 5.92 Å². The summed E-state index contributed by atoms with van der Waals surface area (Å²) in [6.07, 6.45) is 3.28. The fraction of sp³-hybridized carbons (Fsp3) is 0.500.